The topological polar surface area (TPSA) is 29.5 Å². The Kier molecular flexibility index (Phi) is 2.82. The molecule has 0 spiro atoms. The van der Waals surface area contributed by atoms with E-state index in [2.05, 4.69) is 12.1 Å². The van der Waals surface area contributed by atoms with Crippen LogP contribution in [0.15, 0.2) is 42.5 Å². The third kappa shape index (κ3) is 1.96. The van der Waals surface area contributed by atoms with Gasteiger partial charge < -0.3 is 9.84 Å². The summed E-state index contributed by atoms with van der Waals surface area (Å²) >= 11 is 0. The molecule has 1 atom stereocenters. The lowest BCUT2D eigenvalue weighted by Crippen LogP contribution is -2.12. The minimum Gasteiger partial charge on any atom is -0.487 e. The van der Waals surface area contributed by atoms with E-state index < -0.39 is 0 Å². The Balaban J connectivity index is 1.97. The first-order valence-electron chi connectivity index (χ1n) is 7.14. The van der Waals surface area contributed by atoms with Gasteiger partial charge >= 0.3 is 0 Å². The van der Waals surface area contributed by atoms with Crippen LogP contribution in [-0.4, -0.2) is 17.8 Å². The normalized spacial score (nSPS) is 19.4. The predicted octanol–water partition coefficient (Wildman–Crippen LogP) is 3.38. The smallest absolute Gasteiger partial charge is 0.131 e. The number of aliphatic hydroxyl groups is 1. The molecule has 0 amide bonds. The van der Waals surface area contributed by atoms with Gasteiger partial charge in [0.05, 0.1) is 6.61 Å². The zero-order valence-corrected chi connectivity index (χ0v) is 11.5. The van der Waals surface area contributed by atoms with Gasteiger partial charge in [-0.05, 0) is 35.2 Å². The van der Waals surface area contributed by atoms with Gasteiger partial charge in [-0.1, -0.05) is 30.3 Å². The molecule has 0 bridgehead atoms. The Labute approximate surface area is 122 Å². The molecule has 0 saturated carbocycles. The molecular formula is C18H15FO2. The number of aliphatic hydroxyl groups excluding tert-OH is 1. The van der Waals surface area contributed by atoms with Crippen molar-refractivity contribution in [3.63, 3.8) is 0 Å². The van der Waals surface area contributed by atoms with Crippen molar-refractivity contribution in [1.29, 1.82) is 0 Å². The molecule has 0 radical (unpaired) electrons. The molecule has 2 aromatic carbocycles. The van der Waals surface area contributed by atoms with Crippen LogP contribution in [0.4, 0.5) is 4.39 Å². The number of hydrogen-bond acceptors (Lipinski definition) is 2. The van der Waals surface area contributed by atoms with Crippen molar-refractivity contribution in [2.45, 2.75) is 18.9 Å². The van der Waals surface area contributed by atoms with Crippen molar-refractivity contribution in [3.05, 3.63) is 70.5 Å². The van der Waals surface area contributed by atoms with Gasteiger partial charge in [-0.25, -0.2) is 4.39 Å². The van der Waals surface area contributed by atoms with Gasteiger partial charge in [-0.15, -0.1) is 0 Å². The van der Waals surface area contributed by atoms with E-state index in [0.717, 1.165) is 34.4 Å². The number of hydrogen-bond donors (Lipinski definition) is 1. The number of fused-ring (bicyclic) bond motifs is 4. The third-order valence-corrected chi connectivity index (χ3v) is 4.23. The zero-order valence-electron chi connectivity index (χ0n) is 11.5. The molecule has 2 aromatic rings. The number of halogens is 1. The molecule has 3 heteroatoms. The molecule has 2 aliphatic rings. The molecule has 106 valence electrons. The first kappa shape index (κ1) is 12.6. The predicted molar refractivity (Wildman–Crippen MR) is 79.0 cm³/mol. The maximum atomic E-state index is 13.7. The van der Waals surface area contributed by atoms with E-state index in [4.69, 9.17) is 4.74 Å². The van der Waals surface area contributed by atoms with Crippen LogP contribution in [0.3, 0.4) is 0 Å². The van der Waals surface area contributed by atoms with E-state index in [1.54, 1.807) is 0 Å². The Morgan fingerprint density at radius 1 is 1.10 bits per heavy atom. The molecule has 0 fully saturated rings. The fraction of sp³-hybridized carbons (Fsp3) is 0.222. The Bertz CT molecular complexity index is 749. The minimum atomic E-state index is -0.261. The first-order valence-corrected chi connectivity index (χ1v) is 7.14. The molecular weight excluding hydrogens is 267 g/mol. The molecule has 4 rings (SSSR count). The van der Waals surface area contributed by atoms with Crippen molar-refractivity contribution >= 4 is 11.3 Å². The highest BCUT2D eigenvalue weighted by Gasteiger charge is 2.31. The van der Waals surface area contributed by atoms with Gasteiger partial charge in [0.15, 0.2) is 0 Å². The fourth-order valence-electron chi connectivity index (χ4n) is 3.25. The van der Waals surface area contributed by atoms with Crippen LogP contribution in [0.2, 0.25) is 0 Å². The minimum absolute atomic E-state index is 0.0280. The zero-order chi connectivity index (χ0) is 14.4. The third-order valence-electron chi connectivity index (χ3n) is 4.23. The van der Waals surface area contributed by atoms with Crippen molar-refractivity contribution < 1.29 is 14.2 Å². The number of ether oxygens (including phenoxy) is 1. The molecule has 1 aliphatic carbocycles. The summed E-state index contributed by atoms with van der Waals surface area (Å²) in [6.07, 6.45) is 1.20. The molecule has 0 saturated heterocycles. The molecule has 21 heavy (non-hydrogen) atoms. The summed E-state index contributed by atoms with van der Waals surface area (Å²) in [6, 6.07) is 13.1. The number of benzene rings is 2. The molecule has 1 N–H and O–H groups in total. The highest BCUT2D eigenvalue weighted by molar-refractivity contribution is 5.92. The fourth-order valence-corrected chi connectivity index (χ4v) is 3.25. The quantitative estimate of drug-likeness (QED) is 0.869. The summed E-state index contributed by atoms with van der Waals surface area (Å²) < 4.78 is 19.6. The van der Waals surface area contributed by atoms with Crippen LogP contribution in [0, 0.1) is 5.82 Å². The van der Waals surface area contributed by atoms with Gasteiger partial charge in [0.2, 0.25) is 0 Å². The van der Waals surface area contributed by atoms with E-state index in [9.17, 15) is 9.50 Å². The average molecular weight is 282 g/mol. The summed E-state index contributed by atoms with van der Waals surface area (Å²) in [7, 11) is 0. The van der Waals surface area contributed by atoms with E-state index in [-0.39, 0.29) is 18.5 Å². The van der Waals surface area contributed by atoms with Crippen molar-refractivity contribution in [3.8, 4) is 0 Å². The van der Waals surface area contributed by atoms with Crippen molar-refractivity contribution in [2.75, 3.05) is 6.61 Å². The summed E-state index contributed by atoms with van der Waals surface area (Å²) in [6.45, 7) is -0.0280. The SMILES string of the molecule is OC[C@@H]1CC2=C(O1)c1cc(F)ccc1Cc1ccccc12. The summed E-state index contributed by atoms with van der Waals surface area (Å²) in [4.78, 5) is 0. The lowest BCUT2D eigenvalue weighted by atomic mass is 9.95. The van der Waals surface area contributed by atoms with Crippen LogP contribution in [-0.2, 0) is 11.2 Å². The Hall–Kier alpha value is -2.13. The second-order valence-corrected chi connectivity index (χ2v) is 5.57. The van der Waals surface area contributed by atoms with E-state index in [1.807, 2.05) is 18.2 Å². The summed E-state index contributed by atoms with van der Waals surface area (Å²) in [5.74, 6) is 0.469. The molecule has 1 heterocycles. The van der Waals surface area contributed by atoms with E-state index >= 15 is 0 Å². The molecule has 0 aromatic heterocycles. The Morgan fingerprint density at radius 3 is 2.76 bits per heavy atom. The van der Waals surface area contributed by atoms with Crippen molar-refractivity contribution in [2.24, 2.45) is 0 Å². The molecule has 0 unspecified atom stereocenters. The monoisotopic (exact) mass is 282 g/mol. The van der Waals surface area contributed by atoms with Gasteiger partial charge in [-0.3, -0.25) is 0 Å². The lowest BCUT2D eigenvalue weighted by Gasteiger charge is -2.13. The highest BCUT2D eigenvalue weighted by atomic mass is 19.1. The van der Waals surface area contributed by atoms with Crippen LogP contribution in [0.25, 0.3) is 11.3 Å². The van der Waals surface area contributed by atoms with Gasteiger partial charge in [0, 0.05) is 17.6 Å². The largest absolute Gasteiger partial charge is 0.487 e. The van der Waals surface area contributed by atoms with E-state index in [0.29, 0.717) is 6.42 Å². The van der Waals surface area contributed by atoms with Crippen molar-refractivity contribution in [1.82, 2.24) is 0 Å². The second-order valence-electron chi connectivity index (χ2n) is 5.57. The average Bonchev–Trinajstić information content (AvgIpc) is 2.89. The van der Waals surface area contributed by atoms with Gasteiger partial charge in [0.25, 0.3) is 0 Å². The summed E-state index contributed by atoms with van der Waals surface area (Å²) in [5.41, 5.74) is 5.33. The van der Waals surface area contributed by atoms with Crippen LogP contribution >= 0.6 is 0 Å². The lowest BCUT2D eigenvalue weighted by molar-refractivity contribution is 0.109. The van der Waals surface area contributed by atoms with Crippen LogP contribution in [0.5, 0.6) is 0 Å². The first-order chi connectivity index (χ1) is 10.3. The summed E-state index contributed by atoms with van der Waals surface area (Å²) in [5, 5.41) is 9.41. The van der Waals surface area contributed by atoms with E-state index in [1.165, 1.54) is 17.7 Å². The standard InChI is InChI=1S/C18H15FO2/c19-13-6-5-12-7-11-3-1-2-4-15(11)17-9-14(10-20)21-18(17)16(12)8-13/h1-6,8,14,20H,7,9-10H2/t14-/m0/s1. The van der Waals surface area contributed by atoms with Gasteiger partial charge in [0.1, 0.15) is 17.7 Å². The maximum absolute atomic E-state index is 13.7. The molecule has 2 nitrogen and oxygen atoms in total. The van der Waals surface area contributed by atoms with Crippen LogP contribution < -0.4 is 0 Å². The molecule has 1 aliphatic heterocycles. The number of rotatable bonds is 1. The van der Waals surface area contributed by atoms with Gasteiger partial charge in [-0.2, -0.15) is 0 Å². The Morgan fingerprint density at radius 2 is 1.90 bits per heavy atom. The second kappa shape index (κ2) is 4.71. The van der Waals surface area contributed by atoms with Crippen LogP contribution in [0.1, 0.15) is 28.7 Å². The highest BCUT2D eigenvalue weighted by Crippen LogP contribution is 2.43. The maximum Gasteiger partial charge on any atom is 0.131 e.